The normalized spacial score (nSPS) is 11.5. The molecule has 2 N–H and O–H groups in total. The van der Waals surface area contributed by atoms with Crippen LogP contribution in [0.1, 0.15) is 0 Å². The van der Waals surface area contributed by atoms with Gasteiger partial charge in [0.2, 0.25) is 0 Å². The second-order valence-corrected chi connectivity index (χ2v) is 4.29. The van der Waals surface area contributed by atoms with Crippen LogP contribution >= 0.6 is 0 Å². The van der Waals surface area contributed by atoms with Crippen LogP contribution in [0.25, 0.3) is 10.8 Å². The van der Waals surface area contributed by atoms with E-state index in [-0.39, 0.29) is 0 Å². The van der Waals surface area contributed by atoms with Crippen molar-refractivity contribution in [3.8, 4) is 0 Å². The molecule has 0 spiro atoms. The van der Waals surface area contributed by atoms with E-state index >= 15 is 0 Å². The van der Waals surface area contributed by atoms with E-state index < -0.39 is 10.3 Å². The van der Waals surface area contributed by atoms with Gasteiger partial charge in [-0.15, -0.1) is 0 Å². The summed E-state index contributed by atoms with van der Waals surface area (Å²) in [5.41, 5.74) is 0.344. The third-order valence-corrected chi connectivity index (χ3v) is 2.49. The minimum Gasteiger partial charge on any atom is -0.269 e. The maximum Gasteiger partial charge on any atom is 0.357 e. The number of anilines is 1. The number of hydrogen-bond donors (Lipinski definition) is 2. The molecular weight excluding hydrogens is 214 g/mol. The average molecular weight is 223 g/mol. The quantitative estimate of drug-likeness (QED) is 0.766. The van der Waals surface area contributed by atoms with Crippen molar-refractivity contribution >= 4 is 26.8 Å². The van der Waals surface area contributed by atoms with E-state index in [0.717, 1.165) is 10.8 Å². The van der Waals surface area contributed by atoms with Crippen LogP contribution in [0, 0.1) is 0 Å². The first kappa shape index (κ1) is 9.95. The molecule has 0 bridgehead atoms. The lowest BCUT2D eigenvalue weighted by Gasteiger charge is -2.03. The SMILES string of the molecule is O=S(=O)(O)Nc1ccc2ccccc2c1. The molecule has 78 valence electrons. The number of benzene rings is 2. The molecule has 15 heavy (non-hydrogen) atoms. The van der Waals surface area contributed by atoms with Crippen molar-refractivity contribution in [3.05, 3.63) is 42.5 Å². The average Bonchev–Trinajstić information content (AvgIpc) is 2.15. The molecule has 0 radical (unpaired) electrons. The highest BCUT2D eigenvalue weighted by molar-refractivity contribution is 7.87. The summed E-state index contributed by atoms with van der Waals surface area (Å²) in [6, 6.07) is 12.6. The molecule has 0 fully saturated rings. The molecule has 0 atom stereocenters. The fourth-order valence-corrected chi connectivity index (χ4v) is 1.83. The zero-order valence-electron chi connectivity index (χ0n) is 7.71. The van der Waals surface area contributed by atoms with Crippen molar-refractivity contribution in [1.82, 2.24) is 0 Å². The van der Waals surface area contributed by atoms with E-state index in [1.54, 1.807) is 18.2 Å². The summed E-state index contributed by atoms with van der Waals surface area (Å²) in [6.07, 6.45) is 0. The van der Waals surface area contributed by atoms with Gasteiger partial charge in [0.05, 0.1) is 5.69 Å². The van der Waals surface area contributed by atoms with Gasteiger partial charge in [-0.1, -0.05) is 30.3 Å². The van der Waals surface area contributed by atoms with E-state index in [2.05, 4.69) is 0 Å². The molecule has 0 saturated carbocycles. The minimum atomic E-state index is -4.20. The van der Waals surface area contributed by atoms with Crippen LogP contribution in [0.5, 0.6) is 0 Å². The molecule has 4 nitrogen and oxygen atoms in total. The van der Waals surface area contributed by atoms with Crippen molar-refractivity contribution in [2.75, 3.05) is 4.72 Å². The summed E-state index contributed by atoms with van der Waals surface area (Å²) >= 11 is 0. The van der Waals surface area contributed by atoms with E-state index in [4.69, 9.17) is 4.55 Å². The van der Waals surface area contributed by atoms with Gasteiger partial charge in [0, 0.05) is 0 Å². The van der Waals surface area contributed by atoms with Crippen molar-refractivity contribution < 1.29 is 13.0 Å². The van der Waals surface area contributed by atoms with Crippen LogP contribution in [-0.4, -0.2) is 13.0 Å². The number of fused-ring (bicyclic) bond motifs is 1. The van der Waals surface area contributed by atoms with Gasteiger partial charge in [0.15, 0.2) is 0 Å². The monoisotopic (exact) mass is 223 g/mol. The molecule has 0 aliphatic carbocycles. The first-order chi connectivity index (χ1) is 7.04. The van der Waals surface area contributed by atoms with Gasteiger partial charge in [-0.25, -0.2) is 0 Å². The fourth-order valence-electron chi connectivity index (χ4n) is 1.40. The molecule has 2 aromatic carbocycles. The van der Waals surface area contributed by atoms with Gasteiger partial charge < -0.3 is 0 Å². The van der Waals surface area contributed by atoms with Gasteiger partial charge in [-0.05, 0) is 22.9 Å². The van der Waals surface area contributed by atoms with Crippen molar-refractivity contribution in [3.63, 3.8) is 0 Å². The van der Waals surface area contributed by atoms with E-state index in [0.29, 0.717) is 5.69 Å². The maximum absolute atomic E-state index is 10.6. The van der Waals surface area contributed by atoms with Gasteiger partial charge in [0.1, 0.15) is 0 Å². The van der Waals surface area contributed by atoms with Gasteiger partial charge in [0.25, 0.3) is 0 Å². The van der Waals surface area contributed by atoms with E-state index in [9.17, 15) is 8.42 Å². The predicted octanol–water partition coefficient (Wildman–Crippen LogP) is 2.05. The molecule has 0 aliphatic heterocycles. The summed E-state index contributed by atoms with van der Waals surface area (Å²) in [4.78, 5) is 0. The Hall–Kier alpha value is -1.59. The summed E-state index contributed by atoms with van der Waals surface area (Å²) < 4.78 is 31.8. The Morgan fingerprint density at radius 3 is 2.33 bits per heavy atom. The van der Waals surface area contributed by atoms with Crippen molar-refractivity contribution in [2.45, 2.75) is 0 Å². The zero-order chi connectivity index (χ0) is 10.9. The summed E-state index contributed by atoms with van der Waals surface area (Å²) in [7, 11) is -4.20. The maximum atomic E-state index is 10.6. The predicted molar refractivity (Wildman–Crippen MR) is 59.1 cm³/mol. The molecule has 0 amide bonds. The van der Waals surface area contributed by atoms with E-state index in [1.165, 1.54) is 0 Å². The Balaban J connectivity index is 2.48. The van der Waals surface area contributed by atoms with Crippen LogP contribution in [0.4, 0.5) is 5.69 Å². The summed E-state index contributed by atoms with van der Waals surface area (Å²) in [6.45, 7) is 0. The first-order valence-corrected chi connectivity index (χ1v) is 5.73. The van der Waals surface area contributed by atoms with Gasteiger partial charge >= 0.3 is 10.3 Å². The van der Waals surface area contributed by atoms with Crippen LogP contribution in [-0.2, 0) is 10.3 Å². The first-order valence-electron chi connectivity index (χ1n) is 4.29. The Morgan fingerprint density at radius 2 is 1.67 bits per heavy atom. The van der Waals surface area contributed by atoms with Crippen LogP contribution in [0.15, 0.2) is 42.5 Å². The number of hydrogen-bond acceptors (Lipinski definition) is 2. The topological polar surface area (TPSA) is 66.4 Å². The van der Waals surface area contributed by atoms with Gasteiger partial charge in [-0.2, -0.15) is 8.42 Å². The largest absolute Gasteiger partial charge is 0.357 e. The van der Waals surface area contributed by atoms with Crippen molar-refractivity contribution in [1.29, 1.82) is 0 Å². The molecule has 2 aromatic rings. The molecule has 0 heterocycles. The molecule has 0 saturated heterocycles. The molecule has 2 rings (SSSR count). The lowest BCUT2D eigenvalue weighted by Crippen LogP contribution is -2.09. The number of nitrogens with one attached hydrogen (secondary N) is 1. The smallest absolute Gasteiger partial charge is 0.269 e. The highest BCUT2D eigenvalue weighted by Gasteiger charge is 2.03. The Labute approximate surface area is 87.4 Å². The highest BCUT2D eigenvalue weighted by Crippen LogP contribution is 2.19. The highest BCUT2D eigenvalue weighted by atomic mass is 32.2. The molecule has 0 aliphatic rings. The standard InChI is InChI=1S/C10H9NO3S/c12-15(13,14)11-10-6-5-8-3-1-2-4-9(8)7-10/h1-7,11H,(H,12,13,14). The third kappa shape index (κ3) is 2.45. The van der Waals surface area contributed by atoms with E-state index in [1.807, 2.05) is 29.0 Å². The lowest BCUT2D eigenvalue weighted by molar-refractivity contribution is 0.490. The summed E-state index contributed by atoms with van der Waals surface area (Å²) in [5, 5.41) is 1.92. The second kappa shape index (κ2) is 3.52. The molecule has 0 unspecified atom stereocenters. The van der Waals surface area contributed by atoms with Gasteiger partial charge in [-0.3, -0.25) is 9.27 Å². The second-order valence-electron chi connectivity index (χ2n) is 3.14. The third-order valence-electron chi connectivity index (χ3n) is 2.00. The minimum absolute atomic E-state index is 0.344. The Morgan fingerprint density at radius 1 is 1.00 bits per heavy atom. The van der Waals surface area contributed by atoms with Crippen molar-refractivity contribution in [2.24, 2.45) is 0 Å². The van der Waals surface area contributed by atoms with Crippen LogP contribution < -0.4 is 4.72 Å². The Bertz CT molecular complexity index is 592. The molecule has 0 aromatic heterocycles. The van der Waals surface area contributed by atoms with Crippen LogP contribution in [0.2, 0.25) is 0 Å². The molecular formula is C10H9NO3S. The Kier molecular flexibility index (Phi) is 2.34. The number of rotatable bonds is 2. The van der Waals surface area contributed by atoms with Crippen LogP contribution in [0.3, 0.4) is 0 Å². The fraction of sp³-hybridized carbons (Fsp3) is 0. The summed E-state index contributed by atoms with van der Waals surface area (Å²) in [5.74, 6) is 0. The molecule has 5 heteroatoms. The zero-order valence-corrected chi connectivity index (χ0v) is 8.53. The lowest BCUT2D eigenvalue weighted by atomic mass is 10.1.